The quantitative estimate of drug-likeness (QED) is 0.883. The van der Waals surface area contributed by atoms with Crippen molar-refractivity contribution in [3.05, 3.63) is 52.5 Å². The van der Waals surface area contributed by atoms with Crippen molar-refractivity contribution in [3.63, 3.8) is 0 Å². The first-order valence-electron chi connectivity index (χ1n) is 7.43. The molecule has 3 rings (SSSR count). The van der Waals surface area contributed by atoms with Crippen LogP contribution in [0.5, 0.6) is 5.75 Å². The van der Waals surface area contributed by atoms with Crippen LogP contribution in [-0.2, 0) is 11.2 Å². The Morgan fingerprint density at radius 3 is 2.54 bits per heavy atom. The van der Waals surface area contributed by atoms with Crippen LogP contribution in [0.3, 0.4) is 0 Å². The second-order valence-electron chi connectivity index (χ2n) is 5.99. The fourth-order valence-electron chi connectivity index (χ4n) is 3.28. The Morgan fingerprint density at radius 1 is 1.21 bits per heavy atom. The van der Waals surface area contributed by atoms with E-state index in [1.54, 1.807) is 6.07 Å². The molecular weight excluding hydrogens is 312 g/mol. The van der Waals surface area contributed by atoms with Gasteiger partial charge < -0.3 is 14.9 Å². The maximum absolute atomic E-state index is 12.8. The van der Waals surface area contributed by atoms with E-state index in [0.717, 1.165) is 6.08 Å². The summed E-state index contributed by atoms with van der Waals surface area (Å²) in [5.74, 6) is -3.36. The third kappa shape index (κ3) is 2.40. The van der Waals surface area contributed by atoms with Crippen molar-refractivity contribution in [2.75, 3.05) is 7.11 Å². The van der Waals surface area contributed by atoms with Gasteiger partial charge in [0.25, 0.3) is 0 Å². The van der Waals surface area contributed by atoms with Gasteiger partial charge in [-0.05, 0) is 30.7 Å². The van der Waals surface area contributed by atoms with Gasteiger partial charge in [0.2, 0.25) is 0 Å². The third-order valence-electron chi connectivity index (χ3n) is 4.26. The molecule has 0 amide bonds. The number of fused-ring (bicyclic) bond motifs is 2. The Balaban J connectivity index is 2.21. The number of ether oxygens (including phenoxy) is 1. The Kier molecular flexibility index (Phi) is 3.75. The summed E-state index contributed by atoms with van der Waals surface area (Å²) in [6, 6.07) is 3.07. The molecule has 2 aliphatic rings. The fraction of sp³-hybridized carbons (Fsp3) is 0.278. The van der Waals surface area contributed by atoms with Gasteiger partial charge in [0.05, 0.1) is 24.5 Å². The lowest BCUT2D eigenvalue weighted by molar-refractivity contribution is -0.116. The summed E-state index contributed by atoms with van der Waals surface area (Å²) >= 11 is 0. The number of carbonyl (C=O) groups is 3. The highest BCUT2D eigenvalue weighted by Gasteiger charge is 2.46. The number of aliphatic hydroxyl groups is 2. The number of benzene rings is 1. The van der Waals surface area contributed by atoms with Crippen molar-refractivity contribution in [2.24, 2.45) is 11.8 Å². The minimum absolute atomic E-state index is 0.0831. The molecule has 1 aromatic carbocycles. The van der Waals surface area contributed by atoms with Crippen LogP contribution in [0.4, 0.5) is 0 Å². The summed E-state index contributed by atoms with van der Waals surface area (Å²) in [6.07, 6.45) is 2.44. The number of rotatable bonds is 3. The van der Waals surface area contributed by atoms with Crippen LogP contribution < -0.4 is 4.74 Å². The molecule has 1 aromatic rings. The number of Topliss-reactive ketones (excluding diaryl/α,β-unsaturated/α-hetero) is 3. The second kappa shape index (κ2) is 5.63. The SMILES string of the molecule is COc1cc(CC(C)=O)cc2c1C(=O)C1C(O)=CC(O)=CC1C2=O. The molecule has 0 heterocycles. The van der Waals surface area contributed by atoms with E-state index in [2.05, 4.69) is 0 Å². The van der Waals surface area contributed by atoms with E-state index in [-0.39, 0.29) is 40.6 Å². The summed E-state index contributed by atoms with van der Waals surface area (Å²) < 4.78 is 5.24. The van der Waals surface area contributed by atoms with Crippen LogP contribution in [0, 0.1) is 11.8 Å². The largest absolute Gasteiger partial charge is 0.511 e. The first-order valence-corrected chi connectivity index (χ1v) is 7.43. The molecule has 0 radical (unpaired) electrons. The van der Waals surface area contributed by atoms with Gasteiger partial charge in [-0.2, -0.15) is 0 Å². The standard InChI is InChI=1S/C18H16O6/c1-8(19)3-9-4-11-16(14(5-9)24-2)18(23)15-12(17(11)22)6-10(20)7-13(15)21/h4-7,12,15,20-21H,3H2,1-2H3. The van der Waals surface area contributed by atoms with Gasteiger partial charge in [-0.15, -0.1) is 0 Å². The van der Waals surface area contributed by atoms with E-state index in [4.69, 9.17) is 4.74 Å². The fourth-order valence-corrected chi connectivity index (χ4v) is 3.28. The van der Waals surface area contributed by atoms with Crippen molar-refractivity contribution in [2.45, 2.75) is 13.3 Å². The van der Waals surface area contributed by atoms with E-state index < -0.39 is 23.4 Å². The lowest BCUT2D eigenvalue weighted by atomic mass is 9.70. The smallest absolute Gasteiger partial charge is 0.178 e. The normalized spacial score (nSPS) is 22.2. The lowest BCUT2D eigenvalue weighted by Crippen LogP contribution is -2.38. The summed E-state index contributed by atoms with van der Waals surface area (Å²) in [4.78, 5) is 37.0. The van der Waals surface area contributed by atoms with E-state index in [9.17, 15) is 24.6 Å². The molecule has 124 valence electrons. The van der Waals surface area contributed by atoms with Crippen LogP contribution in [0.2, 0.25) is 0 Å². The molecule has 2 aliphatic carbocycles. The predicted octanol–water partition coefficient (Wildman–Crippen LogP) is 2.34. The van der Waals surface area contributed by atoms with Gasteiger partial charge in [0.15, 0.2) is 11.6 Å². The maximum Gasteiger partial charge on any atom is 0.178 e. The lowest BCUT2D eigenvalue weighted by Gasteiger charge is -2.31. The molecule has 2 atom stereocenters. The molecule has 0 saturated heterocycles. The number of carbonyl (C=O) groups excluding carboxylic acids is 3. The molecule has 2 unspecified atom stereocenters. The van der Waals surface area contributed by atoms with E-state index in [1.165, 1.54) is 26.2 Å². The van der Waals surface area contributed by atoms with Gasteiger partial charge in [-0.3, -0.25) is 14.4 Å². The molecule has 0 aromatic heterocycles. The van der Waals surface area contributed by atoms with E-state index in [1.807, 2.05) is 0 Å². The summed E-state index contributed by atoms with van der Waals surface area (Å²) in [6.45, 7) is 1.43. The number of ketones is 3. The zero-order chi connectivity index (χ0) is 17.6. The molecular formula is C18H16O6. The molecule has 0 spiro atoms. The maximum atomic E-state index is 12.8. The highest BCUT2D eigenvalue weighted by molar-refractivity contribution is 6.19. The number of hydrogen-bond donors (Lipinski definition) is 2. The first kappa shape index (κ1) is 16.0. The monoisotopic (exact) mass is 328 g/mol. The van der Waals surface area contributed by atoms with Gasteiger partial charge in [0, 0.05) is 18.1 Å². The minimum Gasteiger partial charge on any atom is -0.511 e. The molecule has 24 heavy (non-hydrogen) atoms. The number of methoxy groups -OCH3 is 1. The number of aliphatic hydroxyl groups excluding tert-OH is 2. The summed E-state index contributed by atoms with van der Waals surface area (Å²) in [5, 5.41) is 19.7. The zero-order valence-corrected chi connectivity index (χ0v) is 13.2. The van der Waals surface area contributed by atoms with Crippen molar-refractivity contribution in [1.82, 2.24) is 0 Å². The molecule has 6 nitrogen and oxygen atoms in total. The number of allylic oxidation sites excluding steroid dienone is 3. The van der Waals surface area contributed by atoms with Crippen molar-refractivity contribution < 1.29 is 29.3 Å². The first-order chi connectivity index (χ1) is 11.3. The minimum atomic E-state index is -1.06. The Bertz CT molecular complexity index is 830. The van der Waals surface area contributed by atoms with E-state index >= 15 is 0 Å². The van der Waals surface area contributed by atoms with Crippen molar-refractivity contribution in [3.8, 4) is 5.75 Å². The predicted molar refractivity (Wildman–Crippen MR) is 84.4 cm³/mol. The average molecular weight is 328 g/mol. The Labute approximate surface area is 138 Å². The Hall–Kier alpha value is -2.89. The van der Waals surface area contributed by atoms with Crippen LogP contribution >= 0.6 is 0 Å². The summed E-state index contributed by atoms with van der Waals surface area (Å²) in [5.41, 5.74) is 0.822. The van der Waals surface area contributed by atoms with Crippen LogP contribution in [0.25, 0.3) is 0 Å². The molecule has 2 N–H and O–H groups in total. The second-order valence-corrected chi connectivity index (χ2v) is 5.99. The molecule has 0 bridgehead atoms. The average Bonchev–Trinajstić information content (AvgIpc) is 2.50. The molecule has 0 fully saturated rings. The van der Waals surface area contributed by atoms with Crippen molar-refractivity contribution in [1.29, 1.82) is 0 Å². The van der Waals surface area contributed by atoms with Crippen LogP contribution in [0.1, 0.15) is 33.2 Å². The topological polar surface area (TPSA) is 101 Å². The van der Waals surface area contributed by atoms with E-state index in [0.29, 0.717) is 5.56 Å². The number of hydrogen-bond acceptors (Lipinski definition) is 6. The van der Waals surface area contributed by atoms with Gasteiger partial charge >= 0.3 is 0 Å². The zero-order valence-electron chi connectivity index (χ0n) is 13.2. The highest BCUT2D eigenvalue weighted by Crippen LogP contribution is 2.41. The summed E-state index contributed by atoms with van der Waals surface area (Å²) in [7, 11) is 1.37. The van der Waals surface area contributed by atoms with Gasteiger partial charge in [-0.25, -0.2) is 0 Å². The van der Waals surface area contributed by atoms with Gasteiger partial charge in [0.1, 0.15) is 23.1 Å². The molecule has 0 saturated carbocycles. The highest BCUT2D eigenvalue weighted by atomic mass is 16.5. The molecule has 6 heteroatoms. The molecule has 0 aliphatic heterocycles. The third-order valence-corrected chi connectivity index (χ3v) is 4.26. The Morgan fingerprint density at radius 2 is 1.92 bits per heavy atom. The van der Waals surface area contributed by atoms with Crippen LogP contribution in [0.15, 0.2) is 35.8 Å². The van der Waals surface area contributed by atoms with Crippen LogP contribution in [-0.4, -0.2) is 34.7 Å². The van der Waals surface area contributed by atoms with Crippen molar-refractivity contribution >= 4 is 17.3 Å². The van der Waals surface area contributed by atoms with Gasteiger partial charge in [-0.1, -0.05) is 0 Å².